The van der Waals surface area contributed by atoms with E-state index in [0.717, 1.165) is 0 Å². The molecule has 0 spiro atoms. The Labute approximate surface area is 201 Å². The Morgan fingerprint density at radius 3 is 2.23 bits per heavy atom. The molecule has 2 fully saturated rings. The predicted octanol–water partition coefficient (Wildman–Crippen LogP) is 1.95. The Kier molecular flexibility index (Phi) is 6.82. The van der Waals surface area contributed by atoms with Gasteiger partial charge in [0, 0.05) is 31.7 Å². The molecule has 2 aromatic heterocycles. The molecule has 0 aliphatic carbocycles. The highest BCUT2D eigenvalue weighted by atomic mass is 16.5. The number of hydrogen-bond acceptors (Lipinski definition) is 11. The van der Waals surface area contributed by atoms with Gasteiger partial charge in [0.05, 0.1) is 38.2 Å². The van der Waals surface area contributed by atoms with E-state index in [1.54, 1.807) is 30.3 Å². The number of benzene rings is 1. The van der Waals surface area contributed by atoms with E-state index in [1.807, 2.05) is 0 Å². The van der Waals surface area contributed by atoms with Crippen molar-refractivity contribution in [1.29, 1.82) is 0 Å². The van der Waals surface area contributed by atoms with Gasteiger partial charge in [0.1, 0.15) is 11.5 Å². The number of hydrogen-bond donors (Lipinski definition) is 2. The molecule has 2 aliphatic heterocycles. The molecule has 0 amide bonds. The number of aromatic nitrogens is 3. The molecule has 2 saturated heterocycles. The summed E-state index contributed by atoms with van der Waals surface area (Å²) in [6.07, 6.45) is 1.51. The van der Waals surface area contributed by atoms with Crippen molar-refractivity contribution in [2.75, 3.05) is 67.8 Å². The molecular formula is C23H25N7O5. The topological polar surface area (TPSA) is 138 Å². The maximum Gasteiger partial charge on any atom is 0.335 e. The van der Waals surface area contributed by atoms with Gasteiger partial charge in [0.2, 0.25) is 17.8 Å². The average molecular weight is 479 g/mol. The van der Waals surface area contributed by atoms with Gasteiger partial charge in [-0.05, 0) is 24.3 Å². The number of nitrogens with one attached hydrogen (secondary N) is 1. The second kappa shape index (κ2) is 10.5. The van der Waals surface area contributed by atoms with Crippen LogP contribution in [0.15, 0.2) is 45.9 Å². The van der Waals surface area contributed by atoms with Gasteiger partial charge >= 0.3 is 5.97 Å². The van der Waals surface area contributed by atoms with E-state index in [9.17, 15) is 9.90 Å². The fraction of sp³-hybridized carbons (Fsp3) is 0.348. The number of carboxylic acids is 1. The lowest BCUT2D eigenvalue weighted by molar-refractivity contribution is 0.0697. The lowest BCUT2D eigenvalue weighted by atomic mass is 10.1. The first-order valence-electron chi connectivity index (χ1n) is 11.3. The zero-order valence-corrected chi connectivity index (χ0v) is 19.0. The summed E-state index contributed by atoms with van der Waals surface area (Å²) in [6.45, 7) is 5.29. The van der Waals surface area contributed by atoms with Crippen LogP contribution < -0.4 is 15.2 Å². The minimum absolute atomic E-state index is 0.192. The minimum Gasteiger partial charge on any atom is -0.478 e. The van der Waals surface area contributed by atoms with Gasteiger partial charge in [-0.3, -0.25) is 0 Å². The molecule has 2 N–H and O–H groups in total. The van der Waals surface area contributed by atoms with E-state index >= 15 is 0 Å². The highest BCUT2D eigenvalue weighted by Gasteiger charge is 2.20. The van der Waals surface area contributed by atoms with Crippen molar-refractivity contribution >= 4 is 30.0 Å². The molecule has 0 unspecified atom stereocenters. The summed E-state index contributed by atoms with van der Waals surface area (Å²) in [7, 11) is 0. The third-order valence-electron chi connectivity index (χ3n) is 5.58. The van der Waals surface area contributed by atoms with E-state index in [1.165, 1.54) is 12.3 Å². The Morgan fingerprint density at radius 2 is 1.60 bits per heavy atom. The summed E-state index contributed by atoms with van der Waals surface area (Å²) in [5, 5.41) is 13.4. The lowest BCUT2D eigenvalue weighted by Gasteiger charge is -2.30. The van der Waals surface area contributed by atoms with Crippen LogP contribution in [0.2, 0.25) is 0 Å². The number of carboxylic acid groups (broad SMARTS) is 1. The second-order valence-electron chi connectivity index (χ2n) is 7.92. The van der Waals surface area contributed by atoms with Crippen LogP contribution in [-0.2, 0) is 9.47 Å². The van der Waals surface area contributed by atoms with Crippen LogP contribution in [0.3, 0.4) is 0 Å². The molecule has 12 heteroatoms. The predicted molar refractivity (Wildman–Crippen MR) is 128 cm³/mol. The Morgan fingerprint density at radius 1 is 0.943 bits per heavy atom. The van der Waals surface area contributed by atoms with Gasteiger partial charge in [-0.2, -0.15) is 20.1 Å². The fourth-order valence-electron chi connectivity index (χ4n) is 3.75. The zero-order valence-electron chi connectivity index (χ0n) is 19.0. The smallest absolute Gasteiger partial charge is 0.335 e. The summed E-state index contributed by atoms with van der Waals surface area (Å²) in [4.78, 5) is 29.1. The molecule has 35 heavy (non-hydrogen) atoms. The molecule has 1 aromatic carbocycles. The SMILES string of the molecule is O=C(O)c1cccc(-c2ccc(/C=N\Nc3nc(N4CCOCC4)nc(N4CCOCC4)n3)o2)c1. The van der Waals surface area contributed by atoms with Crippen LogP contribution in [0.5, 0.6) is 0 Å². The zero-order chi connectivity index (χ0) is 24.0. The summed E-state index contributed by atoms with van der Waals surface area (Å²) >= 11 is 0. The van der Waals surface area contributed by atoms with Gasteiger partial charge in [0.15, 0.2) is 0 Å². The molecule has 0 bridgehead atoms. The number of carbonyl (C=O) groups is 1. The number of anilines is 3. The van der Waals surface area contributed by atoms with Crippen molar-refractivity contribution < 1.29 is 23.8 Å². The Bertz CT molecular complexity index is 1170. The number of rotatable bonds is 7. The molecule has 2 aliphatic rings. The molecule has 0 radical (unpaired) electrons. The van der Waals surface area contributed by atoms with Gasteiger partial charge < -0.3 is 28.8 Å². The largest absolute Gasteiger partial charge is 0.478 e. The highest BCUT2D eigenvalue weighted by molar-refractivity contribution is 5.89. The van der Waals surface area contributed by atoms with E-state index < -0.39 is 5.97 Å². The number of nitrogens with zero attached hydrogens (tertiary/aromatic N) is 6. The molecule has 4 heterocycles. The standard InChI is InChI=1S/C23H25N7O5/c31-20(32)17-3-1-2-16(14-17)19-5-4-18(35-19)15-24-28-21-25-22(29-6-10-33-11-7-29)27-23(26-21)30-8-12-34-13-9-30/h1-5,14-15H,6-13H2,(H,31,32)(H,25,26,27,28)/b24-15-. The lowest BCUT2D eigenvalue weighted by Crippen LogP contribution is -2.40. The van der Waals surface area contributed by atoms with Crippen molar-refractivity contribution in [3.8, 4) is 11.3 Å². The molecule has 182 valence electrons. The Hall–Kier alpha value is -4.03. The first kappa shape index (κ1) is 22.7. The molecule has 0 atom stereocenters. The first-order valence-corrected chi connectivity index (χ1v) is 11.3. The molecule has 5 rings (SSSR count). The van der Waals surface area contributed by atoms with E-state index in [-0.39, 0.29) is 5.56 Å². The van der Waals surface area contributed by atoms with Crippen molar-refractivity contribution in [2.24, 2.45) is 5.10 Å². The quantitative estimate of drug-likeness (QED) is 0.380. The third-order valence-corrected chi connectivity index (χ3v) is 5.58. The molecule has 0 saturated carbocycles. The first-order chi connectivity index (χ1) is 17.2. The van der Waals surface area contributed by atoms with Crippen molar-refractivity contribution in [2.45, 2.75) is 0 Å². The summed E-state index contributed by atoms with van der Waals surface area (Å²) < 4.78 is 16.7. The maximum atomic E-state index is 11.2. The highest BCUT2D eigenvalue weighted by Crippen LogP contribution is 2.23. The van der Waals surface area contributed by atoms with Gasteiger partial charge in [0.25, 0.3) is 0 Å². The van der Waals surface area contributed by atoms with Crippen LogP contribution in [0.4, 0.5) is 17.8 Å². The van der Waals surface area contributed by atoms with E-state index in [2.05, 4.69) is 35.3 Å². The van der Waals surface area contributed by atoms with Crippen LogP contribution in [0.25, 0.3) is 11.3 Å². The fourth-order valence-corrected chi connectivity index (χ4v) is 3.75. The van der Waals surface area contributed by atoms with E-state index in [4.69, 9.17) is 13.9 Å². The maximum absolute atomic E-state index is 11.2. The summed E-state index contributed by atoms with van der Waals surface area (Å²) in [6, 6.07) is 10.1. The van der Waals surface area contributed by atoms with Crippen LogP contribution >= 0.6 is 0 Å². The number of aromatic carboxylic acids is 1. The average Bonchev–Trinajstić information content (AvgIpc) is 3.39. The van der Waals surface area contributed by atoms with Crippen molar-refractivity contribution in [3.05, 3.63) is 47.7 Å². The van der Waals surface area contributed by atoms with Gasteiger partial charge in [-0.15, -0.1) is 0 Å². The summed E-state index contributed by atoms with van der Waals surface area (Å²) in [5.41, 5.74) is 3.74. The Balaban J connectivity index is 1.32. The molecular weight excluding hydrogens is 454 g/mol. The normalized spacial score (nSPS) is 16.6. The number of furan rings is 1. The monoisotopic (exact) mass is 479 g/mol. The minimum atomic E-state index is -0.991. The molecule has 3 aromatic rings. The summed E-state index contributed by atoms with van der Waals surface area (Å²) in [5.74, 6) is 1.50. The number of ether oxygens (including phenoxy) is 2. The van der Waals surface area contributed by atoms with Gasteiger partial charge in [-0.25, -0.2) is 10.2 Å². The van der Waals surface area contributed by atoms with Crippen LogP contribution in [-0.4, -0.2) is 84.8 Å². The van der Waals surface area contributed by atoms with Crippen molar-refractivity contribution in [3.63, 3.8) is 0 Å². The van der Waals surface area contributed by atoms with Crippen LogP contribution in [0, 0.1) is 0 Å². The van der Waals surface area contributed by atoms with E-state index in [0.29, 0.717) is 87.5 Å². The van der Waals surface area contributed by atoms with Crippen molar-refractivity contribution in [1.82, 2.24) is 15.0 Å². The van der Waals surface area contributed by atoms with Gasteiger partial charge in [-0.1, -0.05) is 12.1 Å². The second-order valence-corrected chi connectivity index (χ2v) is 7.92. The van der Waals surface area contributed by atoms with Crippen LogP contribution in [0.1, 0.15) is 16.1 Å². The number of hydrazone groups is 1. The number of morpholine rings is 2. The molecule has 12 nitrogen and oxygen atoms in total. The third kappa shape index (κ3) is 5.55.